The van der Waals surface area contributed by atoms with Crippen molar-refractivity contribution in [3.63, 3.8) is 0 Å². The van der Waals surface area contributed by atoms with Gasteiger partial charge in [-0.3, -0.25) is 4.79 Å². The molecule has 0 heterocycles. The average molecular weight is 288 g/mol. The van der Waals surface area contributed by atoms with E-state index in [0.29, 0.717) is 11.1 Å². The third-order valence-corrected chi connectivity index (χ3v) is 3.93. The van der Waals surface area contributed by atoms with Crippen molar-refractivity contribution in [3.05, 3.63) is 70.8 Å². The van der Waals surface area contributed by atoms with Crippen molar-refractivity contribution in [1.82, 2.24) is 0 Å². The van der Waals surface area contributed by atoms with E-state index < -0.39 is 0 Å². The Morgan fingerprint density at radius 1 is 0.773 bits per heavy atom. The van der Waals surface area contributed by atoms with Crippen molar-refractivity contribution < 1.29 is 4.79 Å². The molecule has 0 fully saturated rings. The molecule has 0 bridgehead atoms. The van der Waals surface area contributed by atoms with Crippen LogP contribution in [-0.4, -0.2) is 5.78 Å². The summed E-state index contributed by atoms with van der Waals surface area (Å²) in [7, 11) is 0. The molecule has 22 heavy (non-hydrogen) atoms. The molecule has 0 radical (unpaired) electrons. The molecule has 0 aromatic heterocycles. The summed E-state index contributed by atoms with van der Waals surface area (Å²) in [6.07, 6.45) is 0. The van der Waals surface area contributed by atoms with Gasteiger partial charge >= 0.3 is 0 Å². The summed E-state index contributed by atoms with van der Waals surface area (Å²) in [6, 6.07) is 18.4. The second kappa shape index (κ2) is 6.70. The Balaban J connectivity index is 2.18. The van der Waals surface area contributed by atoms with Crippen LogP contribution in [0.5, 0.6) is 0 Å². The van der Waals surface area contributed by atoms with Crippen molar-refractivity contribution in [2.24, 2.45) is 0 Å². The third-order valence-electron chi connectivity index (χ3n) is 3.93. The SMILES string of the molecule is CC(C(=O)C(C)c1ccc(C#N)cc1)c1ccc(C#N)cc1. The lowest BCUT2D eigenvalue weighted by atomic mass is 9.85. The Morgan fingerprint density at radius 2 is 1.09 bits per heavy atom. The predicted octanol–water partition coefficient (Wildman–Crippen LogP) is 3.91. The Kier molecular flexibility index (Phi) is 4.71. The highest BCUT2D eigenvalue weighted by Crippen LogP contribution is 2.26. The maximum Gasteiger partial charge on any atom is 0.147 e. The molecule has 2 aromatic carbocycles. The number of carbonyl (C=O) groups is 1. The number of benzene rings is 2. The van der Waals surface area contributed by atoms with Crippen LogP contribution >= 0.6 is 0 Å². The Hall–Kier alpha value is -2.91. The first kappa shape index (κ1) is 15.5. The summed E-state index contributed by atoms with van der Waals surface area (Å²) >= 11 is 0. The molecule has 3 nitrogen and oxygen atoms in total. The fraction of sp³-hybridized carbons (Fsp3) is 0.211. The topological polar surface area (TPSA) is 64.7 Å². The molecule has 0 aliphatic rings. The minimum atomic E-state index is -0.238. The number of hydrogen-bond donors (Lipinski definition) is 0. The van der Waals surface area contributed by atoms with Crippen LogP contribution in [0, 0.1) is 22.7 Å². The molecule has 2 aromatic rings. The molecule has 2 unspecified atom stereocenters. The van der Waals surface area contributed by atoms with Gasteiger partial charge in [0.2, 0.25) is 0 Å². The van der Waals surface area contributed by atoms with E-state index in [1.165, 1.54) is 0 Å². The minimum absolute atomic E-state index is 0.120. The second-order valence-corrected chi connectivity index (χ2v) is 5.31. The number of Topliss-reactive ketones (excluding diaryl/α,β-unsaturated/α-hetero) is 1. The van der Waals surface area contributed by atoms with Gasteiger partial charge in [0.15, 0.2) is 0 Å². The summed E-state index contributed by atoms with van der Waals surface area (Å²) in [5.74, 6) is -0.355. The highest BCUT2D eigenvalue weighted by molar-refractivity contribution is 5.91. The van der Waals surface area contributed by atoms with Crippen LogP contribution in [0.1, 0.15) is 47.9 Å². The highest BCUT2D eigenvalue weighted by atomic mass is 16.1. The lowest BCUT2D eigenvalue weighted by Gasteiger charge is -2.17. The number of ketones is 1. The fourth-order valence-corrected chi connectivity index (χ4v) is 2.40. The molecule has 2 rings (SSSR count). The van der Waals surface area contributed by atoms with Gasteiger partial charge in [-0.15, -0.1) is 0 Å². The Bertz CT molecular complexity index is 681. The normalized spacial score (nSPS) is 12.7. The fourth-order valence-electron chi connectivity index (χ4n) is 2.40. The summed E-state index contributed by atoms with van der Waals surface area (Å²) < 4.78 is 0. The van der Waals surface area contributed by atoms with Crippen molar-refractivity contribution in [2.75, 3.05) is 0 Å². The molecule has 3 heteroatoms. The van der Waals surface area contributed by atoms with Crippen molar-refractivity contribution in [2.45, 2.75) is 25.7 Å². The molecule has 0 spiro atoms. The van der Waals surface area contributed by atoms with Gasteiger partial charge < -0.3 is 0 Å². The van der Waals surface area contributed by atoms with Crippen molar-refractivity contribution in [1.29, 1.82) is 10.5 Å². The van der Waals surface area contributed by atoms with Crippen LogP contribution in [0.4, 0.5) is 0 Å². The van der Waals surface area contributed by atoms with E-state index in [1.807, 2.05) is 38.1 Å². The highest BCUT2D eigenvalue weighted by Gasteiger charge is 2.22. The molecule has 0 amide bonds. The number of hydrogen-bond acceptors (Lipinski definition) is 3. The Labute approximate surface area is 130 Å². The van der Waals surface area contributed by atoms with Gasteiger partial charge in [0.1, 0.15) is 5.78 Å². The van der Waals surface area contributed by atoms with Gasteiger partial charge in [-0.2, -0.15) is 10.5 Å². The lowest BCUT2D eigenvalue weighted by Crippen LogP contribution is -2.16. The molecule has 0 aliphatic heterocycles. The van der Waals surface area contributed by atoms with E-state index >= 15 is 0 Å². The number of nitriles is 2. The lowest BCUT2D eigenvalue weighted by molar-refractivity contribution is -0.121. The van der Waals surface area contributed by atoms with Crippen LogP contribution < -0.4 is 0 Å². The van der Waals surface area contributed by atoms with Gasteiger partial charge in [-0.05, 0) is 35.4 Å². The number of carbonyl (C=O) groups excluding carboxylic acids is 1. The predicted molar refractivity (Wildman–Crippen MR) is 84.2 cm³/mol. The maximum atomic E-state index is 12.6. The monoisotopic (exact) mass is 288 g/mol. The van der Waals surface area contributed by atoms with Gasteiger partial charge in [-0.1, -0.05) is 38.1 Å². The van der Waals surface area contributed by atoms with Crippen LogP contribution in [0.3, 0.4) is 0 Å². The first-order valence-electron chi connectivity index (χ1n) is 7.10. The number of rotatable bonds is 4. The first-order valence-corrected chi connectivity index (χ1v) is 7.10. The zero-order chi connectivity index (χ0) is 16.1. The van der Waals surface area contributed by atoms with E-state index in [0.717, 1.165) is 11.1 Å². The minimum Gasteiger partial charge on any atom is -0.298 e. The third kappa shape index (κ3) is 3.22. The van der Waals surface area contributed by atoms with E-state index in [4.69, 9.17) is 10.5 Å². The standard InChI is InChI=1S/C19H16N2O/c1-13(17-7-3-15(11-20)4-8-17)19(22)14(2)18-9-5-16(12-21)6-10-18/h3-10,13-14H,1-2H3. The van der Waals surface area contributed by atoms with E-state index in [1.54, 1.807) is 24.3 Å². The molecule has 108 valence electrons. The van der Waals surface area contributed by atoms with Gasteiger partial charge in [-0.25, -0.2) is 0 Å². The molecule has 0 N–H and O–H groups in total. The summed E-state index contributed by atoms with van der Waals surface area (Å²) in [5.41, 5.74) is 2.99. The molecule has 0 saturated heterocycles. The molecule has 2 atom stereocenters. The molecular formula is C19H16N2O. The summed E-state index contributed by atoms with van der Waals surface area (Å²) in [4.78, 5) is 12.6. The molecular weight excluding hydrogens is 272 g/mol. The van der Waals surface area contributed by atoms with Crippen LogP contribution in [0.25, 0.3) is 0 Å². The zero-order valence-electron chi connectivity index (χ0n) is 12.6. The van der Waals surface area contributed by atoms with Gasteiger partial charge in [0.25, 0.3) is 0 Å². The largest absolute Gasteiger partial charge is 0.298 e. The van der Waals surface area contributed by atoms with E-state index in [9.17, 15) is 4.79 Å². The van der Waals surface area contributed by atoms with Gasteiger partial charge in [0, 0.05) is 11.8 Å². The quantitative estimate of drug-likeness (QED) is 0.856. The van der Waals surface area contributed by atoms with Crippen LogP contribution in [0.2, 0.25) is 0 Å². The first-order chi connectivity index (χ1) is 10.6. The second-order valence-electron chi connectivity index (χ2n) is 5.31. The molecule has 0 saturated carbocycles. The van der Waals surface area contributed by atoms with Gasteiger partial charge in [0.05, 0.1) is 23.3 Å². The van der Waals surface area contributed by atoms with Crippen molar-refractivity contribution >= 4 is 5.78 Å². The summed E-state index contributed by atoms with van der Waals surface area (Å²) in [6.45, 7) is 3.76. The Morgan fingerprint density at radius 3 is 1.36 bits per heavy atom. The van der Waals surface area contributed by atoms with Crippen LogP contribution in [0.15, 0.2) is 48.5 Å². The average Bonchev–Trinajstić information content (AvgIpc) is 2.60. The van der Waals surface area contributed by atoms with Crippen molar-refractivity contribution in [3.8, 4) is 12.1 Å². The van der Waals surface area contributed by atoms with E-state index in [2.05, 4.69) is 12.1 Å². The maximum absolute atomic E-state index is 12.6. The van der Waals surface area contributed by atoms with E-state index in [-0.39, 0.29) is 17.6 Å². The summed E-state index contributed by atoms with van der Waals surface area (Å²) in [5, 5.41) is 17.6. The smallest absolute Gasteiger partial charge is 0.147 e. The zero-order valence-corrected chi connectivity index (χ0v) is 12.6. The number of nitrogens with zero attached hydrogens (tertiary/aromatic N) is 2. The van der Waals surface area contributed by atoms with Crippen LogP contribution in [-0.2, 0) is 4.79 Å². The molecule has 0 aliphatic carbocycles.